The molecule has 0 amide bonds. The largest absolute Gasteiger partial charge is 0.269 e. The van der Waals surface area contributed by atoms with Crippen LogP contribution in [0.2, 0.25) is 0 Å². The maximum atomic E-state index is 12.1. The zero-order valence-electron chi connectivity index (χ0n) is 12.3. The van der Waals surface area contributed by atoms with Crippen LogP contribution in [0.3, 0.4) is 0 Å². The lowest BCUT2D eigenvalue weighted by atomic mass is 10.1. The Labute approximate surface area is 137 Å². The lowest BCUT2D eigenvalue weighted by Crippen LogP contribution is -2.14. The summed E-state index contributed by atoms with van der Waals surface area (Å²) in [6.07, 6.45) is 1.74. The van der Waals surface area contributed by atoms with E-state index in [-0.39, 0.29) is 5.56 Å². The molecule has 0 aliphatic rings. The van der Waals surface area contributed by atoms with Gasteiger partial charge in [0.1, 0.15) is 5.65 Å². The summed E-state index contributed by atoms with van der Waals surface area (Å²) >= 11 is 1.69. The Bertz CT molecular complexity index is 1060. The van der Waals surface area contributed by atoms with E-state index in [1.165, 1.54) is 15.7 Å². The predicted molar refractivity (Wildman–Crippen MR) is 95.0 cm³/mol. The van der Waals surface area contributed by atoms with Gasteiger partial charge in [-0.05, 0) is 35.0 Å². The van der Waals surface area contributed by atoms with Gasteiger partial charge in [0.2, 0.25) is 0 Å². The van der Waals surface area contributed by atoms with Gasteiger partial charge < -0.3 is 0 Å². The summed E-state index contributed by atoms with van der Waals surface area (Å²) in [7, 11) is 0. The topological polar surface area (TPSA) is 34.4 Å². The summed E-state index contributed by atoms with van der Waals surface area (Å²) in [6.45, 7) is 0. The monoisotopic (exact) mass is 318 g/mol. The molecule has 4 heteroatoms. The van der Waals surface area contributed by atoms with Crippen molar-refractivity contribution in [1.29, 1.82) is 0 Å². The number of hydrogen-bond donors (Lipinski definition) is 0. The molecule has 0 aliphatic carbocycles. The van der Waals surface area contributed by atoms with E-state index >= 15 is 0 Å². The molecule has 0 saturated carbocycles. The zero-order valence-corrected chi connectivity index (χ0v) is 13.2. The zero-order chi connectivity index (χ0) is 15.6. The van der Waals surface area contributed by atoms with Crippen LogP contribution in [0.5, 0.6) is 0 Å². The number of rotatable bonds is 3. The van der Waals surface area contributed by atoms with Gasteiger partial charge in [0.05, 0.1) is 5.69 Å². The summed E-state index contributed by atoms with van der Waals surface area (Å²) in [5, 5.41) is 2.46. The Morgan fingerprint density at radius 3 is 2.65 bits per heavy atom. The second kappa shape index (κ2) is 5.89. The fraction of sp³-hybridized carbons (Fsp3) is 0.0526. The Morgan fingerprint density at radius 1 is 0.913 bits per heavy atom. The van der Waals surface area contributed by atoms with E-state index in [4.69, 9.17) is 0 Å². The summed E-state index contributed by atoms with van der Waals surface area (Å²) in [5.41, 5.74) is 1.46. The number of thioether (sulfide) groups is 1. The molecule has 2 heterocycles. The van der Waals surface area contributed by atoms with Gasteiger partial charge in [0.15, 0.2) is 0 Å². The number of hydrogen-bond acceptors (Lipinski definition) is 3. The van der Waals surface area contributed by atoms with Crippen molar-refractivity contribution in [2.24, 2.45) is 0 Å². The van der Waals surface area contributed by atoms with Crippen molar-refractivity contribution >= 4 is 28.2 Å². The summed E-state index contributed by atoms with van der Waals surface area (Å²) < 4.78 is 1.56. The van der Waals surface area contributed by atoms with E-state index in [1.807, 2.05) is 30.3 Å². The molecule has 0 saturated heterocycles. The number of nitrogens with zero attached hydrogens (tertiary/aromatic N) is 2. The first-order valence-electron chi connectivity index (χ1n) is 7.38. The molecule has 23 heavy (non-hydrogen) atoms. The fourth-order valence-corrected chi connectivity index (χ4v) is 3.43. The molecule has 4 rings (SSSR count). The quantitative estimate of drug-likeness (QED) is 0.532. The van der Waals surface area contributed by atoms with Crippen LogP contribution in [0.1, 0.15) is 5.69 Å². The molecule has 2 aromatic carbocycles. The summed E-state index contributed by atoms with van der Waals surface area (Å²) in [6, 6.07) is 21.9. The molecule has 0 unspecified atom stereocenters. The van der Waals surface area contributed by atoms with Gasteiger partial charge in [0.25, 0.3) is 5.56 Å². The van der Waals surface area contributed by atoms with Gasteiger partial charge in [-0.25, -0.2) is 4.98 Å². The molecular formula is C19H14N2OS. The van der Waals surface area contributed by atoms with Crippen molar-refractivity contribution in [3.63, 3.8) is 0 Å². The average Bonchev–Trinajstić information content (AvgIpc) is 2.60. The Hall–Kier alpha value is -2.59. The van der Waals surface area contributed by atoms with E-state index in [1.54, 1.807) is 28.4 Å². The smallest absolute Gasteiger partial charge is 0.258 e. The molecule has 0 fully saturated rings. The SMILES string of the molecule is O=c1cc(CSc2ccc3ccccc3c2)nc2ccccn12. The summed E-state index contributed by atoms with van der Waals surface area (Å²) in [5.74, 6) is 0.680. The molecule has 0 aliphatic heterocycles. The van der Waals surface area contributed by atoms with E-state index in [0.717, 1.165) is 5.69 Å². The van der Waals surface area contributed by atoms with Gasteiger partial charge in [-0.15, -0.1) is 11.8 Å². The second-order valence-corrected chi connectivity index (χ2v) is 6.36. The molecule has 0 N–H and O–H groups in total. The van der Waals surface area contributed by atoms with Crippen molar-refractivity contribution in [3.05, 3.63) is 89.0 Å². The lowest BCUT2D eigenvalue weighted by Gasteiger charge is -2.05. The third kappa shape index (κ3) is 2.85. The Morgan fingerprint density at radius 2 is 1.74 bits per heavy atom. The van der Waals surface area contributed by atoms with Crippen molar-refractivity contribution in [2.45, 2.75) is 10.6 Å². The Kier molecular flexibility index (Phi) is 3.60. The third-order valence-corrected chi connectivity index (χ3v) is 4.76. The average molecular weight is 318 g/mol. The van der Waals surface area contributed by atoms with Gasteiger partial charge in [-0.2, -0.15) is 0 Å². The highest BCUT2D eigenvalue weighted by molar-refractivity contribution is 7.98. The molecule has 0 bridgehead atoms. The first-order chi connectivity index (χ1) is 11.3. The second-order valence-electron chi connectivity index (χ2n) is 5.31. The highest BCUT2D eigenvalue weighted by Gasteiger charge is 2.03. The van der Waals surface area contributed by atoms with Crippen LogP contribution < -0.4 is 5.56 Å². The Balaban J connectivity index is 1.61. The molecular weight excluding hydrogens is 304 g/mol. The first kappa shape index (κ1) is 14.0. The van der Waals surface area contributed by atoms with Crippen LogP contribution in [-0.4, -0.2) is 9.38 Å². The maximum Gasteiger partial charge on any atom is 0.258 e. The predicted octanol–water partition coefficient (Wildman–Crippen LogP) is 4.14. The molecule has 4 aromatic rings. The van der Waals surface area contributed by atoms with Crippen LogP contribution in [0, 0.1) is 0 Å². The van der Waals surface area contributed by atoms with Crippen LogP contribution in [0.15, 0.2) is 82.6 Å². The number of benzene rings is 2. The van der Waals surface area contributed by atoms with Crippen molar-refractivity contribution < 1.29 is 0 Å². The fourth-order valence-electron chi connectivity index (χ4n) is 2.59. The minimum absolute atomic E-state index is 0.0373. The van der Waals surface area contributed by atoms with Crippen LogP contribution >= 0.6 is 11.8 Å². The van der Waals surface area contributed by atoms with Crippen LogP contribution in [0.4, 0.5) is 0 Å². The molecule has 3 nitrogen and oxygen atoms in total. The van der Waals surface area contributed by atoms with Crippen molar-refractivity contribution in [3.8, 4) is 0 Å². The molecule has 2 aromatic heterocycles. The molecule has 0 spiro atoms. The lowest BCUT2D eigenvalue weighted by molar-refractivity contribution is 1.01. The van der Waals surface area contributed by atoms with Gasteiger partial charge in [-0.1, -0.05) is 36.4 Å². The molecule has 0 atom stereocenters. The summed E-state index contributed by atoms with van der Waals surface area (Å²) in [4.78, 5) is 17.8. The van der Waals surface area contributed by atoms with E-state index in [9.17, 15) is 4.79 Å². The minimum atomic E-state index is -0.0373. The first-order valence-corrected chi connectivity index (χ1v) is 8.37. The van der Waals surface area contributed by atoms with Gasteiger partial charge in [0, 0.05) is 22.9 Å². The normalized spacial score (nSPS) is 11.1. The number of pyridine rings is 1. The molecule has 112 valence electrons. The van der Waals surface area contributed by atoms with Gasteiger partial charge >= 0.3 is 0 Å². The van der Waals surface area contributed by atoms with E-state index < -0.39 is 0 Å². The standard InChI is InChI=1S/C19H14N2OS/c22-19-12-16(20-18-7-3-4-10-21(18)19)13-23-17-9-8-14-5-1-2-6-15(14)11-17/h1-12H,13H2. The highest BCUT2D eigenvalue weighted by atomic mass is 32.2. The van der Waals surface area contributed by atoms with Gasteiger partial charge in [-0.3, -0.25) is 9.20 Å². The maximum absolute atomic E-state index is 12.1. The number of aromatic nitrogens is 2. The number of fused-ring (bicyclic) bond motifs is 2. The van der Waals surface area contributed by atoms with Crippen molar-refractivity contribution in [2.75, 3.05) is 0 Å². The third-order valence-electron chi connectivity index (χ3n) is 3.73. The van der Waals surface area contributed by atoms with Crippen LogP contribution in [0.25, 0.3) is 16.4 Å². The minimum Gasteiger partial charge on any atom is -0.269 e. The van der Waals surface area contributed by atoms with E-state index in [2.05, 4.69) is 35.3 Å². The highest BCUT2D eigenvalue weighted by Crippen LogP contribution is 2.25. The molecule has 0 radical (unpaired) electrons. The van der Waals surface area contributed by atoms with Crippen LogP contribution in [-0.2, 0) is 5.75 Å². The van der Waals surface area contributed by atoms with Crippen molar-refractivity contribution in [1.82, 2.24) is 9.38 Å². The van der Waals surface area contributed by atoms with E-state index in [0.29, 0.717) is 11.4 Å².